The number of aromatic nitrogens is 2. The molecule has 4 aromatic rings. The summed E-state index contributed by atoms with van der Waals surface area (Å²) in [4.78, 5) is 19.4. The molecule has 1 aromatic heterocycles. The van der Waals surface area contributed by atoms with Crippen molar-refractivity contribution in [2.75, 3.05) is 13.7 Å². The van der Waals surface area contributed by atoms with Crippen molar-refractivity contribution in [3.63, 3.8) is 0 Å². The van der Waals surface area contributed by atoms with E-state index >= 15 is 0 Å². The summed E-state index contributed by atoms with van der Waals surface area (Å²) < 4.78 is 10.7. The van der Waals surface area contributed by atoms with E-state index in [2.05, 4.69) is 10.1 Å². The fraction of sp³-hybridized carbons (Fsp3) is 0.160. The third kappa shape index (κ3) is 5.17. The van der Waals surface area contributed by atoms with Gasteiger partial charge in [-0.05, 0) is 29.8 Å². The Hall–Kier alpha value is -3.93. The summed E-state index contributed by atoms with van der Waals surface area (Å²) in [6.07, 6.45) is 0.461. The molecular weight excluding hydrogens is 390 g/mol. The van der Waals surface area contributed by atoms with Crippen molar-refractivity contribution in [2.45, 2.75) is 13.0 Å². The van der Waals surface area contributed by atoms with E-state index in [4.69, 9.17) is 9.26 Å². The van der Waals surface area contributed by atoms with Gasteiger partial charge >= 0.3 is 0 Å². The molecule has 0 radical (unpaired) electrons. The molecule has 0 aliphatic heterocycles. The Bertz CT molecular complexity index is 1130. The molecule has 156 valence electrons. The third-order valence-corrected chi connectivity index (χ3v) is 4.92. The van der Waals surface area contributed by atoms with Gasteiger partial charge in [-0.1, -0.05) is 65.8 Å². The van der Waals surface area contributed by atoms with E-state index < -0.39 is 0 Å². The molecule has 4 rings (SSSR count). The third-order valence-electron chi connectivity index (χ3n) is 4.92. The minimum absolute atomic E-state index is 0.0306. The molecule has 0 spiro atoms. The molecule has 0 N–H and O–H groups in total. The van der Waals surface area contributed by atoms with E-state index in [9.17, 15) is 4.79 Å². The predicted octanol–water partition coefficient (Wildman–Crippen LogP) is 4.63. The van der Waals surface area contributed by atoms with Crippen molar-refractivity contribution >= 4 is 5.91 Å². The Kier molecular flexibility index (Phi) is 6.38. The minimum Gasteiger partial charge on any atom is -0.497 e. The molecule has 0 saturated heterocycles. The Morgan fingerprint density at radius 2 is 1.71 bits per heavy atom. The second-order valence-corrected chi connectivity index (χ2v) is 7.07. The van der Waals surface area contributed by atoms with E-state index in [-0.39, 0.29) is 5.91 Å². The van der Waals surface area contributed by atoms with Crippen LogP contribution in [0.2, 0.25) is 0 Å². The van der Waals surface area contributed by atoms with Crippen LogP contribution in [0, 0.1) is 0 Å². The number of amides is 1. The first-order chi connectivity index (χ1) is 15.2. The van der Waals surface area contributed by atoms with Crippen LogP contribution in [0.4, 0.5) is 0 Å². The normalized spacial score (nSPS) is 10.6. The molecule has 31 heavy (non-hydrogen) atoms. The van der Waals surface area contributed by atoms with Gasteiger partial charge in [-0.2, -0.15) is 4.98 Å². The van der Waals surface area contributed by atoms with Gasteiger partial charge in [-0.15, -0.1) is 0 Å². The highest BCUT2D eigenvalue weighted by Gasteiger charge is 2.18. The van der Waals surface area contributed by atoms with Crippen LogP contribution in [0.15, 0.2) is 89.5 Å². The lowest BCUT2D eigenvalue weighted by Gasteiger charge is -2.22. The summed E-state index contributed by atoms with van der Waals surface area (Å²) in [6, 6.07) is 26.7. The zero-order valence-electron chi connectivity index (χ0n) is 17.3. The van der Waals surface area contributed by atoms with Crippen LogP contribution in [-0.2, 0) is 13.0 Å². The fourth-order valence-electron chi connectivity index (χ4n) is 3.29. The minimum atomic E-state index is -0.0306. The lowest BCUT2D eigenvalue weighted by molar-refractivity contribution is 0.0741. The summed E-state index contributed by atoms with van der Waals surface area (Å²) >= 11 is 0. The van der Waals surface area contributed by atoms with Gasteiger partial charge in [0.1, 0.15) is 5.75 Å². The smallest absolute Gasteiger partial charge is 0.254 e. The maximum atomic E-state index is 13.1. The SMILES string of the molecule is COc1cccc(-c2noc(CCN(Cc3ccccc3)C(=O)c3ccccc3)n2)c1. The average Bonchev–Trinajstić information content (AvgIpc) is 3.32. The van der Waals surface area contributed by atoms with Crippen LogP contribution in [0.1, 0.15) is 21.8 Å². The molecule has 3 aromatic carbocycles. The van der Waals surface area contributed by atoms with Crippen molar-refractivity contribution in [3.05, 3.63) is 102 Å². The molecule has 1 amide bonds. The lowest BCUT2D eigenvalue weighted by Crippen LogP contribution is -2.32. The van der Waals surface area contributed by atoms with Crippen LogP contribution in [0.5, 0.6) is 5.75 Å². The standard InChI is InChI=1S/C25H23N3O3/c1-30-22-14-8-13-21(17-22)24-26-23(31-27-24)15-16-28(18-19-9-4-2-5-10-19)25(29)20-11-6-3-7-12-20/h2-14,17H,15-16,18H2,1H3. The highest BCUT2D eigenvalue weighted by molar-refractivity contribution is 5.94. The van der Waals surface area contributed by atoms with Crippen LogP contribution >= 0.6 is 0 Å². The molecule has 0 unspecified atom stereocenters. The topological polar surface area (TPSA) is 68.5 Å². The van der Waals surface area contributed by atoms with Crippen molar-refractivity contribution in [1.29, 1.82) is 0 Å². The van der Waals surface area contributed by atoms with E-state index in [1.54, 1.807) is 12.0 Å². The second kappa shape index (κ2) is 9.71. The number of carbonyl (C=O) groups is 1. The van der Waals surface area contributed by atoms with E-state index in [1.165, 1.54) is 0 Å². The van der Waals surface area contributed by atoms with Crippen LogP contribution in [-0.4, -0.2) is 34.6 Å². The van der Waals surface area contributed by atoms with Gasteiger partial charge in [0.15, 0.2) is 0 Å². The quantitative estimate of drug-likeness (QED) is 0.421. The first-order valence-corrected chi connectivity index (χ1v) is 10.1. The Labute approximate surface area is 181 Å². The summed E-state index contributed by atoms with van der Waals surface area (Å²) in [5.74, 6) is 1.68. The van der Waals surface area contributed by atoms with E-state index in [0.29, 0.717) is 36.8 Å². The molecule has 0 saturated carbocycles. The second-order valence-electron chi connectivity index (χ2n) is 7.07. The Morgan fingerprint density at radius 1 is 0.968 bits per heavy atom. The number of hydrogen-bond donors (Lipinski definition) is 0. The Morgan fingerprint density at radius 3 is 2.45 bits per heavy atom. The summed E-state index contributed by atoms with van der Waals surface area (Å²) in [5, 5.41) is 4.08. The van der Waals surface area contributed by atoms with Gasteiger partial charge in [0.05, 0.1) is 7.11 Å². The molecule has 6 nitrogen and oxygen atoms in total. The molecule has 0 aliphatic carbocycles. The monoisotopic (exact) mass is 413 g/mol. The van der Waals surface area contributed by atoms with Gasteiger partial charge in [0.2, 0.25) is 11.7 Å². The number of carbonyl (C=O) groups excluding carboxylic acids is 1. The van der Waals surface area contributed by atoms with Crippen molar-refractivity contribution < 1.29 is 14.1 Å². The molecule has 1 heterocycles. The highest BCUT2D eigenvalue weighted by atomic mass is 16.5. The number of hydrogen-bond acceptors (Lipinski definition) is 5. The van der Waals surface area contributed by atoms with Crippen molar-refractivity contribution in [2.24, 2.45) is 0 Å². The summed E-state index contributed by atoms with van der Waals surface area (Å²) in [7, 11) is 1.62. The first kappa shape index (κ1) is 20.3. The number of rotatable bonds is 8. The van der Waals surface area contributed by atoms with Gasteiger partial charge in [0.25, 0.3) is 5.91 Å². The molecule has 0 fully saturated rings. The van der Waals surface area contributed by atoms with Crippen LogP contribution < -0.4 is 4.74 Å². The zero-order chi connectivity index (χ0) is 21.5. The fourth-order valence-corrected chi connectivity index (χ4v) is 3.29. The zero-order valence-corrected chi connectivity index (χ0v) is 17.3. The molecule has 0 aliphatic rings. The maximum Gasteiger partial charge on any atom is 0.254 e. The van der Waals surface area contributed by atoms with Gasteiger partial charge in [-0.3, -0.25) is 4.79 Å². The van der Waals surface area contributed by atoms with Gasteiger partial charge < -0.3 is 14.2 Å². The van der Waals surface area contributed by atoms with Gasteiger partial charge in [0, 0.05) is 30.6 Å². The average molecular weight is 413 g/mol. The number of benzene rings is 3. The van der Waals surface area contributed by atoms with E-state index in [0.717, 1.165) is 16.9 Å². The van der Waals surface area contributed by atoms with Gasteiger partial charge in [-0.25, -0.2) is 0 Å². The highest BCUT2D eigenvalue weighted by Crippen LogP contribution is 2.21. The summed E-state index contributed by atoms with van der Waals surface area (Å²) in [6.45, 7) is 0.966. The maximum absolute atomic E-state index is 13.1. The number of ether oxygens (including phenoxy) is 1. The van der Waals surface area contributed by atoms with E-state index in [1.807, 2.05) is 84.9 Å². The molecule has 0 atom stereocenters. The lowest BCUT2D eigenvalue weighted by atomic mass is 10.1. The number of methoxy groups -OCH3 is 1. The predicted molar refractivity (Wildman–Crippen MR) is 118 cm³/mol. The van der Waals surface area contributed by atoms with Crippen LogP contribution in [0.25, 0.3) is 11.4 Å². The van der Waals surface area contributed by atoms with Crippen LogP contribution in [0.3, 0.4) is 0 Å². The first-order valence-electron chi connectivity index (χ1n) is 10.1. The molecular formula is C25H23N3O3. The van der Waals surface area contributed by atoms with Crippen molar-refractivity contribution in [3.8, 4) is 17.1 Å². The largest absolute Gasteiger partial charge is 0.497 e. The molecule has 0 bridgehead atoms. The molecule has 6 heteroatoms. The summed E-state index contributed by atoms with van der Waals surface area (Å²) in [5.41, 5.74) is 2.53. The van der Waals surface area contributed by atoms with Crippen molar-refractivity contribution in [1.82, 2.24) is 15.0 Å². The Balaban J connectivity index is 1.49. The number of nitrogens with zero attached hydrogens (tertiary/aromatic N) is 3.